The molecule has 1 heterocycles. The summed E-state index contributed by atoms with van der Waals surface area (Å²) in [6.07, 6.45) is 2.49. The van der Waals surface area contributed by atoms with E-state index in [1.807, 2.05) is 14.0 Å². The first kappa shape index (κ1) is 6.13. The molecule has 0 saturated carbocycles. The Balaban J connectivity index is 2.82. The van der Waals surface area contributed by atoms with E-state index < -0.39 is 0 Å². The molecule has 3 nitrogen and oxygen atoms in total. The summed E-state index contributed by atoms with van der Waals surface area (Å²) in [5.41, 5.74) is 0.997. The molecule has 0 aromatic rings. The summed E-state index contributed by atoms with van der Waals surface area (Å²) >= 11 is 0. The zero-order chi connectivity index (χ0) is 6.85. The number of rotatable bonds is 1. The van der Waals surface area contributed by atoms with Crippen LogP contribution in [0.3, 0.4) is 0 Å². The molecule has 1 aliphatic rings. The van der Waals surface area contributed by atoms with Crippen LogP contribution in [0.5, 0.6) is 0 Å². The maximum absolute atomic E-state index is 10.1. The van der Waals surface area contributed by atoms with Crippen LogP contribution < -0.4 is 0 Å². The van der Waals surface area contributed by atoms with Crippen LogP contribution in [0, 0.1) is 6.04 Å². The number of hydrogen-bond donors (Lipinski definition) is 0. The minimum Gasteiger partial charge on any atom is -0.300 e. The van der Waals surface area contributed by atoms with Crippen LogP contribution in [0.15, 0.2) is 16.9 Å². The van der Waals surface area contributed by atoms with Gasteiger partial charge in [-0.3, -0.25) is 4.79 Å². The summed E-state index contributed by atoms with van der Waals surface area (Å²) in [6.45, 7) is 1.90. The highest BCUT2D eigenvalue weighted by molar-refractivity contribution is 5.72. The van der Waals surface area contributed by atoms with Crippen molar-refractivity contribution >= 4 is 6.29 Å². The highest BCUT2D eigenvalue weighted by Crippen LogP contribution is 2.13. The molecule has 0 N–H and O–H groups in total. The normalized spacial score (nSPS) is 19.3. The van der Waals surface area contributed by atoms with E-state index in [1.54, 1.807) is 10.8 Å². The minimum atomic E-state index is 0.495. The predicted molar refractivity (Wildman–Crippen MR) is 31.7 cm³/mol. The summed E-state index contributed by atoms with van der Waals surface area (Å²) in [7, 11) is 1.81. The molecule has 1 rings (SSSR count). The van der Waals surface area contributed by atoms with Gasteiger partial charge in [-0.25, -0.2) is 0 Å². The number of carbonyl (C=O) groups is 1. The Bertz CT molecular complexity index is 175. The quantitative estimate of drug-likeness (QED) is 0.374. The fraction of sp³-hybridized carbons (Fsp3) is 0.333. The lowest BCUT2D eigenvalue weighted by atomic mass is 10.3. The van der Waals surface area contributed by atoms with Crippen LogP contribution in [0.1, 0.15) is 6.92 Å². The SMILES string of the molecule is CC1=C[C](C=O)N=[N+]1C. The zero-order valence-corrected chi connectivity index (χ0v) is 5.46. The van der Waals surface area contributed by atoms with Crippen molar-refractivity contribution in [2.24, 2.45) is 5.11 Å². The topological polar surface area (TPSA) is 32.4 Å². The van der Waals surface area contributed by atoms with Crippen LogP contribution in [-0.2, 0) is 4.79 Å². The van der Waals surface area contributed by atoms with Crippen molar-refractivity contribution in [3.63, 3.8) is 0 Å². The lowest BCUT2D eigenvalue weighted by molar-refractivity contribution is -0.509. The van der Waals surface area contributed by atoms with E-state index in [9.17, 15) is 4.79 Å². The third-order valence-corrected chi connectivity index (χ3v) is 1.25. The smallest absolute Gasteiger partial charge is 0.243 e. The average Bonchev–Trinajstić information content (AvgIpc) is 2.13. The molecule has 0 amide bonds. The molecular weight excluding hydrogens is 116 g/mol. The van der Waals surface area contributed by atoms with Gasteiger partial charge in [-0.15, -0.1) is 0 Å². The van der Waals surface area contributed by atoms with Crippen LogP contribution in [0.25, 0.3) is 0 Å². The Morgan fingerprint density at radius 1 is 1.78 bits per heavy atom. The molecule has 9 heavy (non-hydrogen) atoms. The van der Waals surface area contributed by atoms with Gasteiger partial charge in [0, 0.05) is 13.0 Å². The lowest BCUT2D eigenvalue weighted by Gasteiger charge is -1.78. The van der Waals surface area contributed by atoms with Crippen LogP contribution in [-0.4, -0.2) is 18.0 Å². The van der Waals surface area contributed by atoms with Gasteiger partial charge in [-0.05, 0) is 5.11 Å². The predicted octanol–water partition coefficient (Wildman–Crippen LogP) is 0.729. The van der Waals surface area contributed by atoms with Gasteiger partial charge in [0.15, 0.2) is 13.3 Å². The van der Waals surface area contributed by atoms with Gasteiger partial charge >= 0.3 is 0 Å². The zero-order valence-electron chi connectivity index (χ0n) is 5.46. The second-order valence-electron chi connectivity index (χ2n) is 1.95. The molecule has 0 aromatic carbocycles. The first-order valence-corrected chi connectivity index (χ1v) is 2.70. The van der Waals surface area contributed by atoms with Gasteiger partial charge in [0.1, 0.15) is 0 Å². The molecular formula is C6H8N2O+. The summed E-state index contributed by atoms with van der Waals surface area (Å²) in [6, 6.07) is 0.495. The third-order valence-electron chi connectivity index (χ3n) is 1.25. The van der Waals surface area contributed by atoms with Crippen LogP contribution >= 0.6 is 0 Å². The Hall–Kier alpha value is -0.990. The van der Waals surface area contributed by atoms with E-state index in [-0.39, 0.29) is 0 Å². The minimum absolute atomic E-state index is 0.495. The molecule has 0 bridgehead atoms. The molecule has 0 unspecified atom stereocenters. The second-order valence-corrected chi connectivity index (χ2v) is 1.95. The monoisotopic (exact) mass is 124 g/mol. The highest BCUT2D eigenvalue weighted by atomic mass is 16.1. The molecule has 0 aliphatic carbocycles. The van der Waals surface area contributed by atoms with Crippen molar-refractivity contribution < 1.29 is 9.49 Å². The van der Waals surface area contributed by atoms with Gasteiger partial charge in [0.05, 0.1) is 0 Å². The second kappa shape index (κ2) is 2.09. The lowest BCUT2D eigenvalue weighted by Crippen LogP contribution is -1.92. The Morgan fingerprint density at radius 2 is 2.44 bits per heavy atom. The molecule has 0 fully saturated rings. The van der Waals surface area contributed by atoms with Gasteiger partial charge in [-0.2, -0.15) is 0 Å². The Morgan fingerprint density at radius 3 is 2.67 bits per heavy atom. The maximum atomic E-state index is 10.1. The third kappa shape index (κ3) is 1.04. The molecule has 47 valence electrons. The van der Waals surface area contributed by atoms with Gasteiger partial charge in [0.2, 0.25) is 11.7 Å². The van der Waals surface area contributed by atoms with Crippen molar-refractivity contribution in [2.75, 3.05) is 7.05 Å². The van der Waals surface area contributed by atoms with E-state index in [0.717, 1.165) is 12.0 Å². The van der Waals surface area contributed by atoms with Crippen molar-refractivity contribution in [2.45, 2.75) is 6.92 Å². The fourth-order valence-electron chi connectivity index (χ4n) is 0.646. The van der Waals surface area contributed by atoms with Gasteiger partial charge < -0.3 is 0 Å². The Kier molecular flexibility index (Phi) is 1.42. The summed E-state index contributed by atoms with van der Waals surface area (Å²) in [5.74, 6) is 0. The highest BCUT2D eigenvalue weighted by Gasteiger charge is 2.20. The summed E-state index contributed by atoms with van der Waals surface area (Å²) in [5, 5.41) is 3.88. The number of azo groups is 2. The molecule has 1 aliphatic heterocycles. The number of allylic oxidation sites excluding steroid dienone is 1. The summed E-state index contributed by atoms with van der Waals surface area (Å²) in [4.78, 5) is 10.1. The van der Waals surface area contributed by atoms with E-state index in [2.05, 4.69) is 5.11 Å². The molecule has 0 atom stereocenters. The van der Waals surface area contributed by atoms with Crippen molar-refractivity contribution in [1.29, 1.82) is 0 Å². The first-order valence-electron chi connectivity index (χ1n) is 2.70. The largest absolute Gasteiger partial charge is 0.300 e. The fourth-order valence-corrected chi connectivity index (χ4v) is 0.646. The number of aldehydes is 1. The number of hydrogen-bond acceptors (Lipinski definition) is 2. The number of nitrogens with zero attached hydrogens (tertiary/aromatic N) is 2. The first-order chi connectivity index (χ1) is 4.24. The molecule has 3 heteroatoms. The van der Waals surface area contributed by atoms with Crippen LogP contribution in [0.4, 0.5) is 0 Å². The number of carbonyl (C=O) groups excluding carboxylic acids is 1. The standard InChI is InChI=1S/C6H8N2O/c1-5-3-6(4-9)7-8(5)2/h3-4H,1-2H3/q+1. The molecule has 0 spiro atoms. The van der Waals surface area contributed by atoms with E-state index >= 15 is 0 Å². The molecule has 1 radical (unpaired) electrons. The van der Waals surface area contributed by atoms with Gasteiger partial charge in [-0.1, -0.05) is 4.70 Å². The van der Waals surface area contributed by atoms with E-state index in [4.69, 9.17) is 0 Å². The van der Waals surface area contributed by atoms with E-state index in [1.165, 1.54) is 0 Å². The Labute approximate surface area is 53.7 Å². The van der Waals surface area contributed by atoms with Crippen molar-refractivity contribution in [1.82, 2.24) is 0 Å². The molecule has 0 saturated heterocycles. The van der Waals surface area contributed by atoms with Crippen molar-refractivity contribution in [3.05, 3.63) is 17.8 Å². The van der Waals surface area contributed by atoms with Crippen molar-refractivity contribution in [3.8, 4) is 0 Å². The summed E-state index contributed by atoms with van der Waals surface area (Å²) < 4.78 is 1.67. The average molecular weight is 124 g/mol. The maximum Gasteiger partial charge on any atom is 0.243 e. The van der Waals surface area contributed by atoms with E-state index in [0.29, 0.717) is 6.04 Å². The van der Waals surface area contributed by atoms with Crippen LogP contribution in [0.2, 0.25) is 0 Å². The van der Waals surface area contributed by atoms with Gasteiger partial charge in [0.25, 0.3) is 0 Å². The molecule has 0 aromatic heterocycles.